The summed E-state index contributed by atoms with van der Waals surface area (Å²) in [6, 6.07) is 7.60. The zero-order valence-corrected chi connectivity index (χ0v) is 13.2. The molecule has 24 heavy (non-hydrogen) atoms. The predicted molar refractivity (Wildman–Crippen MR) is 80.8 cm³/mol. The third-order valence-corrected chi connectivity index (χ3v) is 3.95. The number of nitrogens with one attached hydrogen (secondary N) is 1. The molecule has 1 N–H and O–H groups in total. The Morgan fingerprint density at radius 3 is 2.42 bits per heavy atom. The molecule has 0 bridgehead atoms. The van der Waals surface area contributed by atoms with Gasteiger partial charge in [0.05, 0.1) is 22.2 Å². The normalized spacial score (nSPS) is 13.0. The predicted octanol–water partition coefficient (Wildman–Crippen LogP) is 4.10. The van der Waals surface area contributed by atoms with Crippen LogP contribution in [0.2, 0.25) is 10.0 Å². The molecule has 0 saturated heterocycles. The van der Waals surface area contributed by atoms with Crippen molar-refractivity contribution in [3.8, 4) is 0 Å². The first-order valence-electron chi connectivity index (χ1n) is 6.58. The van der Waals surface area contributed by atoms with Crippen LogP contribution in [-0.2, 0) is 6.18 Å². The Kier molecular flexibility index (Phi) is 4.42. The Bertz CT molecular complexity index is 852. The summed E-state index contributed by atoms with van der Waals surface area (Å²) in [7, 11) is 0. The maximum absolute atomic E-state index is 12.8. The van der Waals surface area contributed by atoms with Gasteiger partial charge in [-0.1, -0.05) is 46.6 Å². The lowest BCUT2D eigenvalue weighted by molar-refractivity contribution is -0.137. The summed E-state index contributed by atoms with van der Waals surface area (Å²) in [5, 5.41) is 13.8. The summed E-state index contributed by atoms with van der Waals surface area (Å²) >= 11 is 12.3. The average molecular weight is 374 g/mol. The van der Waals surface area contributed by atoms with Gasteiger partial charge >= 0.3 is 6.18 Å². The fraction of sp³-hybridized carbons (Fsp3) is 0.143. The van der Waals surface area contributed by atoms with Gasteiger partial charge in [0.25, 0.3) is 0 Å². The summed E-state index contributed by atoms with van der Waals surface area (Å²) in [4.78, 5) is 3.89. The van der Waals surface area contributed by atoms with E-state index in [-0.39, 0.29) is 16.5 Å². The standard InChI is InChI=1S/C14H8Cl2F3N5/c15-9-4-2-1-3-8(9)11(13-21-23-24-22-13)12-10(16)5-7(6-20-12)14(17,18)19/h1-6,11H,(H,21,22,23,24). The van der Waals surface area contributed by atoms with Gasteiger partial charge in [-0.15, -0.1) is 10.2 Å². The summed E-state index contributed by atoms with van der Waals surface area (Å²) in [5.74, 6) is -0.565. The van der Waals surface area contributed by atoms with Crippen LogP contribution < -0.4 is 0 Å². The van der Waals surface area contributed by atoms with E-state index in [0.29, 0.717) is 16.8 Å². The molecule has 0 fully saturated rings. The molecule has 0 amide bonds. The fourth-order valence-electron chi connectivity index (χ4n) is 2.23. The number of alkyl halides is 3. The van der Waals surface area contributed by atoms with Gasteiger partial charge in [0.2, 0.25) is 0 Å². The summed E-state index contributed by atoms with van der Waals surface area (Å²) in [6.45, 7) is 0. The van der Waals surface area contributed by atoms with Crippen molar-refractivity contribution in [3.63, 3.8) is 0 Å². The van der Waals surface area contributed by atoms with Crippen LogP contribution in [-0.4, -0.2) is 25.6 Å². The zero-order valence-electron chi connectivity index (χ0n) is 11.7. The van der Waals surface area contributed by atoms with Crippen LogP contribution in [0.15, 0.2) is 36.5 Å². The maximum atomic E-state index is 12.8. The Hall–Kier alpha value is -2.19. The highest BCUT2D eigenvalue weighted by molar-refractivity contribution is 6.32. The molecular formula is C14H8Cl2F3N5. The third kappa shape index (κ3) is 3.20. The third-order valence-electron chi connectivity index (χ3n) is 3.31. The van der Waals surface area contributed by atoms with Gasteiger partial charge in [-0.05, 0) is 17.7 Å². The van der Waals surface area contributed by atoms with E-state index in [2.05, 4.69) is 25.6 Å². The highest BCUT2D eigenvalue weighted by Gasteiger charge is 2.33. The Morgan fingerprint density at radius 1 is 1.08 bits per heavy atom. The van der Waals surface area contributed by atoms with E-state index in [1.807, 2.05) is 0 Å². The van der Waals surface area contributed by atoms with Gasteiger partial charge in [0, 0.05) is 11.2 Å². The van der Waals surface area contributed by atoms with E-state index in [1.165, 1.54) is 0 Å². The van der Waals surface area contributed by atoms with Crippen LogP contribution in [0.1, 0.15) is 28.6 Å². The molecule has 3 rings (SSSR count). The number of pyridine rings is 1. The second-order valence-electron chi connectivity index (χ2n) is 4.81. The van der Waals surface area contributed by atoms with Crippen LogP contribution >= 0.6 is 23.2 Å². The largest absolute Gasteiger partial charge is 0.417 e. The van der Waals surface area contributed by atoms with Gasteiger partial charge in [-0.2, -0.15) is 18.4 Å². The smallest absolute Gasteiger partial charge is 0.258 e. The molecule has 2 heterocycles. The average Bonchev–Trinajstić information content (AvgIpc) is 3.04. The number of H-pyrrole nitrogens is 1. The van der Waals surface area contributed by atoms with Crippen LogP contribution in [0, 0.1) is 0 Å². The minimum Gasteiger partial charge on any atom is -0.258 e. The van der Waals surface area contributed by atoms with Gasteiger partial charge in [0.15, 0.2) is 5.82 Å². The second kappa shape index (κ2) is 6.37. The van der Waals surface area contributed by atoms with Crippen molar-refractivity contribution >= 4 is 23.2 Å². The molecule has 5 nitrogen and oxygen atoms in total. The van der Waals surface area contributed by atoms with Crippen molar-refractivity contribution in [2.45, 2.75) is 12.1 Å². The minimum absolute atomic E-state index is 0.152. The topological polar surface area (TPSA) is 67.3 Å². The Morgan fingerprint density at radius 2 is 1.83 bits per heavy atom. The van der Waals surface area contributed by atoms with Crippen molar-refractivity contribution in [3.05, 3.63) is 69.2 Å². The Labute approximate surface area is 143 Å². The molecular weight excluding hydrogens is 366 g/mol. The summed E-state index contributed by atoms with van der Waals surface area (Å²) in [6.07, 6.45) is -3.83. The van der Waals surface area contributed by atoms with Crippen molar-refractivity contribution in [2.75, 3.05) is 0 Å². The summed E-state index contributed by atoms with van der Waals surface area (Å²) in [5.41, 5.74) is -0.240. The van der Waals surface area contributed by atoms with Crippen LogP contribution in [0.25, 0.3) is 0 Å². The lowest BCUT2D eigenvalue weighted by Gasteiger charge is -2.17. The number of aromatic nitrogens is 5. The van der Waals surface area contributed by atoms with Gasteiger partial charge in [-0.25, -0.2) is 0 Å². The molecule has 0 aliphatic carbocycles. The molecule has 0 aliphatic heterocycles. The molecule has 3 aromatic rings. The number of hydrogen-bond acceptors (Lipinski definition) is 4. The number of rotatable bonds is 3. The molecule has 1 atom stereocenters. The maximum Gasteiger partial charge on any atom is 0.417 e. The van der Waals surface area contributed by atoms with Crippen molar-refractivity contribution < 1.29 is 13.2 Å². The molecule has 1 aromatic carbocycles. The second-order valence-corrected chi connectivity index (χ2v) is 5.63. The van der Waals surface area contributed by atoms with Crippen molar-refractivity contribution in [1.82, 2.24) is 25.6 Å². The van der Waals surface area contributed by atoms with E-state index < -0.39 is 17.7 Å². The van der Waals surface area contributed by atoms with E-state index in [1.54, 1.807) is 24.3 Å². The number of benzene rings is 1. The molecule has 10 heteroatoms. The highest BCUT2D eigenvalue weighted by Crippen LogP contribution is 2.38. The van der Waals surface area contributed by atoms with Crippen LogP contribution in [0.4, 0.5) is 13.2 Å². The molecule has 0 radical (unpaired) electrons. The lowest BCUT2D eigenvalue weighted by Crippen LogP contribution is -2.12. The summed E-state index contributed by atoms with van der Waals surface area (Å²) < 4.78 is 38.4. The SMILES string of the molecule is FC(F)(F)c1cnc(C(c2nn[nH]n2)c2ccccc2Cl)c(Cl)c1. The van der Waals surface area contributed by atoms with Crippen molar-refractivity contribution in [1.29, 1.82) is 0 Å². The molecule has 1 unspecified atom stereocenters. The van der Waals surface area contributed by atoms with E-state index in [0.717, 1.165) is 6.07 Å². The molecule has 0 saturated carbocycles. The molecule has 0 aliphatic rings. The number of aromatic amines is 1. The van der Waals surface area contributed by atoms with E-state index >= 15 is 0 Å². The first-order valence-corrected chi connectivity index (χ1v) is 7.34. The Balaban J connectivity index is 2.16. The van der Waals surface area contributed by atoms with E-state index in [4.69, 9.17) is 23.2 Å². The van der Waals surface area contributed by atoms with Gasteiger partial charge in [-0.3, -0.25) is 4.98 Å². The number of tetrazole rings is 1. The van der Waals surface area contributed by atoms with Gasteiger partial charge in [0.1, 0.15) is 0 Å². The molecule has 124 valence electrons. The number of halogens is 5. The molecule has 2 aromatic heterocycles. The molecule has 0 spiro atoms. The first kappa shape index (κ1) is 16.7. The van der Waals surface area contributed by atoms with Gasteiger partial charge < -0.3 is 0 Å². The van der Waals surface area contributed by atoms with Crippen LogP contribution in [0.3, 0.4) is 0 Å². The van der Waals surface area contributed by atoms with Crippen molar-refractivity contribution in [2.24, 2.45) is 0 Å². The number of nitrogens with zero attached hydrogens (tertiary/aromatic N) is 4. The lowest BCUT2D eigenvalue weighted by atomic mass is 9.94. The zero-order chi connectivity index (χ0) is 17.3. The minimum atomic E-state index is -4.54. The quantitative estimate of drug-likeness (QED) is 0.750. The highest BCUT2D eigenvalue weighted by atomic mass is 35.5. The number of hydrogen-bond donors (Lipinski definition) is 1. The fourth-order valence-corrected chi connectivity index (χ4v) is 2.75. The first-order chi connectivity index (χ1) is 11.4. The van der Waals surface area contributed by atoms with Crippen LogP contribution in [0.5, 0.6) is 0 Å². The van der Waals surface area contributed by atoms with E-state index in [9.17, 15) is 13.2 Å². The monoisotopic (exact) mass is 373 g/mol.